The molecule has 0 saturated carbocycles. The molecule has 1 atom stereocenters. The topological polar surface area (TPSA) is 94.7 Å². The molecule has 0 aliphatic rings. The van der Waals surface area contributed by atoms with Crippen LogP contribution in [-0.4, -0.2) is 55.0 Å². The van der Waals surface area contributed by atoms with Gasteiger partial charge in [-0.05, 0) is 6.92 Å². The van der Waals surface area contributed by atoms with Crippen LogP contribution in [0.15, 0.2) is 0 Å². The number of rotatable bonds is 8. The Hall–Kier alpha value is 1.60. The van der Waals surface area contributed by atoms with E-state index < -0.39 is 8.25 Å². The molecule has 0 aliphatic carbocycles. The molecule has 0 rings (SSSR count). The summed E-state index contributed by atoms with van der Waals surface area (Å²) in [6.07, 6.45) is 0. The van der Waals surface area contributed by atoms with Gasteiger partial charge in [0.05, 0.1) is 0 Å². The zero-order valence-electron chi connectivity index (χ0n) is 14.6. The van der Waals surface area contributed by atoms with Crippen molar-refractivity contribution in [3.8, 4) is 0 Å². The fourth-order valence-electron chi connectivity index (χ4n) is 0.769. The minimum atomic E-state index is -2.35. The molecule has 1 radical (unpaired) electrons. The first kappa shape index (κ1) is 40.0. The van der Waals surface area contributed by atoms with E-state index in [2.05, 4.69) is 125 Å². The van der Waals surface area contributed by atoms with Gasteiger partial charge in [0.1, 0.15) is 6.61 Å². The van der Waals surface area contributed by atoms with E-state index in [1.165, 1.54) is 0 Å². The Kier molecular flexibility index (Phi) is 44.0. The molecule has 0 fully saturated rings. The molecule has 0 aliphatic heterocycles. The maximum atomic E-state index is 9.53. The van der Waals surface area contributed by atoms with E-state index in [0.29, 0.717) is 50.1 Å². The van der Waals surface area contributed by atoms with Gasteiger partial charge in [-0.15, -0.1) is 9.42 Å². The van der Waals surface area contributed by atoms with Crippen LogP contribution >= 0.6 is 57.1 Å². The van der Waals surface area contributed by atoms with Crippen molar-refractivity contribution in [3.63, 3.8) is 0 Å². The minimum Gasteiger partial charge on any atom is -0.412 e. The Bertz CT molecular complexity index is 406. The summed E-state index contributed by atoms with van der Waals surface area (Å²) in [6, 6.07) is 0. The molecule has 0 amide bonds. The molecule has 0 aromatic heterocycles. The predicted molar refractivity (Wildman–Crippen MR) is 133 cm³/mol. The molecule has 0 heterocycles. The van der Waals surface area contributed by atoms with E-state index in [9.17, 15) is 4.57 Å². The molecule has 0 saturated heterocycles. The monoisotopic (exact) mass is 648 g/mol. The van der Waals surface area contributed by atoms with Gasteiger partial charge in [0, 0.05) is 30.7 Å². The van der Waals surface area contributed by atoms with E-state index >= 15 is 0 Å². The summed E-state index contributed by atoms with van der Waals surface area (Å²) < 4.78 is 15.1. The third-order valence-corrected chi connectivity index (χ3v) is 3.20. The third-order valence-electron chi connectivity index (χ3n) is 1.57. The van der Waals surface area contributed by atoms with Crippen LogP contribution in [0.1, 0.15) is 6.92 Å². The van der Waals surface area contributed by atoms with Crippen molar-refractivity contribution in [2.45, 2.75) is 6.92 Å². The molecular formula is C10H18MnN4O3PS8Zn+. The Morgan fingerprint density at radius 1 is 0.821 bits per heavy atom. The molecule has 5 N–H and O–H groups in total. The summed E-state index contributed by atoms with van der Waals surface area (Å²) in [5.41, 5.74) is 0. The zero-order valence-corrected chi connectivity index (χ0v) is 26.2. The fraction of sp³-hybridized carbons (Fsp3) is 0.600. The average molecular weight is 650 g/mol. The van der Waals surface area contributed by atoms with Crippen LogP contribution in [-0.2, 0) is 96.2 Å². The van der Waals surface area contributed by atoms with Crippen molar-refractivity contribution < 1.29 is 50.5 Å². The molecule has 157 valence electrons. The Balaban J connectivity index is -0.0000000941. The second kappa shape index (κ2) is 30.8. The van der Waals surface area contributed by atoms with E-state index in [4.69, 9.17) is 4.89 Å². The fourth-order valence-corrected chi connectivity index (χ4v) is 1.81. The van der Waals surface area contributed by atoms with Crippen molar-refractivity contribution >= 4 is 125 Å². The predicted octanol–water partition coefficient (Wildman–Crippen LogP) is 0.326. The molecule has 0 aromatic rings. The van der Waals surface area contributed by atoms with Gasteiger partial charge in [0.15, 0.2) is 0 Å². The molecule has 0 bridgehead atoms. The summed E-state index contributed by atoms with van der Waals surface area (Å²) in [7, 11) is -2.35. The molecule has 0 spiro atoms. The van der Waals surface area contributed by atoms with Crippen LogP contribution in [0.4, 0.5) is 0 Å². The van der Waals surface area contributed by atoms with Crippen LogP contribution < -0.4 is 21.3 Å². The summed E-state index contributed by atoms with van der Waals surface area (Å²) in [5.74, 6) is 0. The summed E-state index contributed by atoms with van der Waals surface area (Å²) in [6.45, 7) is 4.62. The van der Waals surface area contributed by atoms with Crippen molar-refractivity contribution in [1.82, 2.24) is 21.3 Å². The first-order chi connectivity index (χ1) is 12.0. The Morgan fingerprint density at radius 2 is 1.04 bits per heavy atom. The molecule has 18 heteroatoms. The summed E-state index contributed by atoms with van der Waals surface area (Å²) >= 11 is 36.7. The number of hydrogen-bond acceptors (Lipinski definition) is 10. The van der Waals surface area contributed by atoms with Gasteiger partial charge in [-0.2, -0.15) is 0 Å². The van der Waals surface area contributed by atoms with Crippen molar-refractivity contribution in [3.05, 3.63) is 0 Å². The van der Waals surface area contributed by atoms with Gasteiger partial charge in [0.25, 0.3) is 0 Å². The van der Waals surface area contributed by atoms with Crippen LogP contribution in [0.2, 0.25) is 0 Å². The first-order valence-electron chi connectivity index (χ1n) is 6.61. The quantitative estimate of drug-likeness (QED) is 0.0822. The van der Waals surface area contributed by atoms with E-state index in [1.54, 1.807) is 6.92 Å². The van der Waals surface area contributed by atoms with Gasteiger partial charge in [-0.1, -0.05) is 17.3 Å². The zero-order chi connectivity index (χ0) is 21.0. The molecule has 7 nitrogen and oxygen atoms in total. The SMILES string of the molecule is CCO[P+](=O)O.S=C([S-])NCCNC(=S)[S-].S=C([S-])NCCNC(=S)[S-].[Mn+2].[Zn+2]. The van der Waals surface area contributed by atoms with Crippen LogP contribution in [0.5, 0.6) is 0 Å². The maximum Gasteiger partial charge on any atom is 2.00 e. The van der Waals surface area contributed by atoms with Crippen molar-refractivity contribution in [2.75, 3.05) is 32.8 Å². The van der Waals surface area contributed by atoms with Crippen LogP contribution in [0, 0.1) is 0 Å². The van der Waals surface area contributed by atoms with Gasteiger partial charge in [0.2, 0.25) is 0 Å². The van der Waals surface area contributed by atoms with E-state index in [1.807, 2.05) is 0 Å². The van der Waals surface area contributed by atoms with Gasteiger partial charge >= 0.3 is 44.8 Å². The summed E-state index contributed by atoms with van der Waals surface area (Å²) in [5, 5.41) is 11.1. The number of nitrogens with one attached hydrogen (secondary N) is 4. The number of hydrogen-bond donors (Lipinski definition) is 5. The van der Waals surface area contributed by atoms with E-state index in [0.717, 1.165) is 0 Å². The number of thiocarbonyl (C=S) groups is 4. The molecule has 0 aromatic carbocycles. The van der Waals surface area contributed by atoms with Gasteiger partial charge in [-0.25, -0.2) is 0 Å². The largest absolute Gasteiger partial charge is 2.00 e. The maximum absolute atomic E-state index is 9.53. The smallest absolute Gasteiger partial charge is 0.412 e. The van der Waals surface area contributed by atoms with Crippen LogP contribution in [0.3, 0.4) is 0 Å². The van der Waals surface area contributed by atoms with Crippen molar-refractivity contribution in [2.24, 2.45) is 0 Å². The first-order valence-corrected chi connectivity index (χ1v) is 11.0. The minimum absolute atomic E-state index is 0. The Labute approximate surface area is 234 Å². The standard InChI is InChI=1S/2C4H8N2S4.C2H5O3P.Mn.Zn/c2*7-3(8)5-1-2-6-4(9)10;1-2-5-6(3)4;;/h2*1-2H2,(H2,5,7,8)(H2,6,9,10);2H2,1H3;;/q;;;2*+2/p-3. The van der Waals surface area contributed by atoms with Crippen LogP contribution in [0.25, 0.3) is 0 Å². The Morgan fingerprint density at radius 3 is 1.11 bits per heavy atom. The van der Waals surface area contributed by atoms with Gasteiger partial charge < -0.3 is 121 Å². The molecule has 1 unspecified atom stereocenters. The van der Waals surface area contributed by atoms with Gasteiger partial charge in [-0.3, -0.25) is 0 Å². The van der Waals surface area contributed by atoms with Crippen molar-refractivity contribution in [1.29, 1.82) is 0 Å². The second-order valence-corrected chi connectivity index (χ2v) is 8.55. The summed E-state index contributed by atoms with van der Waals surface area (Å²) in [4.78, 5) is 7.84. The van der Waals surface area contributed by atoms with E-state index in [-0.39, 0.29) is 36.5 Å². The second-order valence-electron chi connectivity index (χ2n) is 3.51. The third kappa shape index (κ3) is 56.4. The molecular weight excluding hydrogens is 632 g/mol. The molecule has 28 heavy (non-hydrogen) atoms. The average Bonchev–Trinajstić information content (AvgIpc) is 2.48. The normalized spacial score (nSPS) is 8.43.